The zero-order chi connectivity index (χ0) is 19.8. The number of para-hydroxylation sites is 2. The van der Waals surface area contributed by atoms with Crippen LogP contribution < -0.4 is 5.32 Å². The van der Waals surface area contributed by atoms with Crippen LogP contribution in [0.1, 0.15) is 18.9 Å². The minimum Gasteiger partial charge on any atom is -0.391 e. The number of hydrogen-bond donors (Lipinski definition) is 2. The SMILES string of the molecule is O=C(CNc1cccnc1)N1C[C@H]2C[C@@H](n3cnc4ccccc43)[C@H](O)C[C@H]2C1. The Morgan fingerprint density at radius 1 is 1.14 bits per heavy atom. The molecule has 3 aromatic rings. The van der Waals surface area contributed by atoms with Crippen molar-refractivity contribution in [2.75, 3.05) is 25.0 Å². The molecule has 1 aliphatic heterocycles. The number of aliphatic hydroxyl groups is 1. The Hall–Kier alpha value is -2.93. The van der Waals surface area contributed by atoms with Crippen molar-refractivity contribution in [3.8, 4) is 0 Å². The Balaban J connectivity index is 1.26. The Morgan fingerprint density at radius 3 is 2.79 bits per heavy atom. The monoisotopic (exact) mass is 391 g/mol. The molecule has 2 fully saturated rings. The number of rotatable bonds is 4. The zero-order valence-electron chi connectivity index (χ0n) is 16.2. The largest absolute Gasteiger partial charge is 0.391 e. The predicted molar refractivity (Wildman–Crippen MR) is 110 cm³/mol. The van der Waals surface area contributed by atoms with E-state index in [0.717, 1.165) is 42.7 Å². The summed E-state index contributed by atoms with van der Waals surface area (Å²) in [5.74, 6) is 0.868. The Kier molecular flexibility index (Phi) is 4.67. The van der Waals surface area contributed by atoms with Gasteiger partial charge in [-0.05, 0) is 48.9 Å². The Bertz CT molecular complexity index is 1000. The quantitative estimate of drug-likeness (QED) is 0.713. The van der Waals surface area contributed by atoms with Gasteiger partial charge in [0.1, 0.15) is 0 Å². The van der Waals surface area contributed by atoms with E-state index < -0.39 is 6.10 Å². The fraction of sp³-hybridized carbons (Fsp3) is 0.409. The topological polar surface area (TPSA) is 83.3 Å². The third kappa shape index (κ3) is 3.46. The van der Waals surface area contributed by atoms with E-state index in [1.165, 1.54) is 0 Å². The minimum absolute atomic E-state index is 0.00669. The summed E-state index contributed by atoms with van der Waals surface area (Å²) in [7, 11) is 0. The lowest BCUT2D eigenvalue weighted by atomic mass is 9.77. The van der Waals surface area contributed by atoms with Gasteiger partial charge < -0.3 is 19.9 Å². The number of fused-ring (bicyclic) bond motifs is 2. The highest BCUT2D eigenvalue weighted by atomic mass is 16.3. The van der Waals surface area contributed by atoms with E-state index >= 15 is 0 Å². The first-order valence-electron chi connectivity index (χ1n) is 10.2. The fourth-order valence-corrected chi connectivity index (χ4v) is 4.91. The normalized spacial score (nSPS) is 26.4. The molecule has 5 rings (SSSR count). The van der Waals surface area contributed by atoms with E-state index in [9.17, 15) is 9.90 Å². The number of benzene rings is 1. The van der Waals surface area contributed by atoms with Gasteiger partial charge >= 0.3 is 0 Å². The number of imidazole rings is 1. The molecule has 2 aliphatic rings. The number of amides is 1. The molecular weight excluding hydrogens is 366 g/mol. The van der Waals surface area contributed by atoms with Gasteiger partial charge in [-0.2, -0.15) is 0 Å². The molecule has 0 spiro atoms. The van der Waals surface area contributed by atoms with Crippen molar-refractivity contribution in [1.82, 2.24) is 19.4 Å². The summed E-state index contributed by atoms with van der Waals surface area (Å²) in [6.45, 7) is 1.75. The smallest absolute Gasteiger partial charge is 0.241 e. The van der Waals surface area contributed by atoms with Gasteiger partial charge in [-0.1, -0.05) is 12.1 Å². The van der Waals surface area contributed by atoms with Gasteiger partial charge in [-0.3, -0.25) is 9.78 Å². The number of pyridine rings is 1. The van der Waals surface area contributed by atoms with Crippen LogP contribution in [0.25, 0.3) is 11.0 Å². The molecule has 1 aliphatic carbocycles. The number of anilines is 1. The number of likely N-dealkylation sites (tertiary alicyclic amines) is 1. The Labute approximate surface area is 169 Å². The highest BCUT2D eigenvalue weighted by molar-refractivity contribution is 5.81. The maximum absolute atomic E-state index is 12.7. The van der Waals surface area contributed by atoms with Crippen molar-refractivity contribution in [3.05, 3.63) is 55.1 Å². The lowest BCUT2D eigenvalue weighted by molar-refractivity contribution is -0.128. The van der Waals surface area contributed by atoms with Crippen LogP contribution >= 0.6 is 0 Å². The summed E-state index contributed by atoms with van der Waals surface area (Å²) in [5, 5.41) is 14.0. The maximum Gasteiger partial charge on any atom is 0.241 e. The average molecular weight is 391 g/mol. The molecule has 1 amide bonds. The number of aliphatic hydroxyl groups excluding tert-OH is 1. The molecule has 3 heterocycles. The van der Waals surface area contributed by atoms with Crippen molar-refractivity contribution < 1.29 is 9.90 Å². The second-order valence-corrected chi connectivity index (χ2v) is 8.16. The summed E-state index contributed by atoms with van der Waals surface area (Å²) in [5.41, 5.74) is 2.85. The molecule has 1 aromatic carbocycles. The average Bonchev–Trinajstić information content (AvgIpc) is 3.36. The standard InChI is InChI=1S/C22H25N5O2/c28-21-9-16-13-26(22(29)11-24-17-4-3-7-23-10-17)12-15(16)8-20(21)27-14-25-18-5-1-2-6-19(18)27/h1-7,10,14-16,20-21,24,28H,8-9,11-13H2/t15-,16+,20-,21-/m1/s1. The highest BCUT2D eigenvalue weighted by Gasteiger charge is 2.43. The molecule has 0 radical (unpaired) electrons. The van der Waals surface area contributed by atoms with Crippen LogP contribution in [-0.2, 0) is 4.79 Å². The Morgan fingerprint density at radius 2 is 1.97 bits per heavy atom. The summed E-state index contributed by atoms with van der Waals surface area (Å²) < 4.78 is 2.12. The van der Waals surface area contributed by atoms with Crippen LogP contribution in [0, 0.1) is 11.8 Å². The van der Waals surface area contributed by atoms with Crippen LogP contribution in [0.5, 0.6) is 0 Å². The minimum atomic E-state index is -0.419. The molecule has 7 nitrogen and oxygen atoms in total. The number of nitrogens with zero attached hydrogens (tertiary/aromatic N) is 4. The van der Waals surface area contributed by atoms with Crippen LogP contribution in [0.4, 0.5) is 5.69 Å². The number of hydrogen-bond acceptors (Lipinski definition) is 5. The molecule has 0 bridgehead atoms. The van der Waals surface area contributed by atoms with Crippen molar-refractivity contribution in [2.45, 2.75) is 25.0 Å². The summed E-state index contributed by atoms with van der Waals surface area (Å²) in [6, 6.07) is 11.8. The van der Waals surface area contributed by atoms with E-state index in [-0.39, 0.29) is 18.5 Å². The first-order valence-corrected chi connectivity index (χ1v) is 10.2. The third-order valence-corrected chi connectivity index (χ3v) is 6.41. The van der Waals surface area contributed by atoms with Crippen LogP contribution in [0.3, 0.4) is 0 Å². The molecule has 2 aromatic heterocycles. The summed E-state index contributed by atoms with van der Waals surface area (Å²) in [6.07, 6.45) is 6.44. The van der Waals surface area contributed by atoms with Gasteiger partial charge in [0.05, 0.1) is 41.7 Å². The highest BCUT2D eigenvalue weighted by Crippen LogP contribution is 2.42. The fourth-order valence-electron chi connectivity index (χ4n) is 4.91. The molecule has 4 atom stereocenters. The third-order valence-electron chi connectivity index (χ3n) is 6.41. The van der Waals surface area contributed by atoms with Gasteiger partial charge in [-0.15, -0.1) is 0 Å². The second-order valence-electron chi connectivity index (χ2n) is 8.16. The van der Waals surface area contributed by atoms with E-state index in [1.54, 1.807) is 12.4 Å². The van der Waals surface area contributed by atoms with Crippen molar-refractivity contribution in [1.29, 1.82) is 0 Å². The zero-order valence-corrected chi connectivity index (χ0v) is 16.2. The number of carbonyl (C=O) groups excluding carboxylic acids is 1. The molecule has 2 N–H and O–H groups in total. The van der Waals surface area contributed by atoms with Gasteiger partial charge in [0, 0.05) is 25.5 Å². The number of nitrogens with one attached hydrogen (secondary N) is 1. The lowest BCUT2D eigenvalue weighted by Gasteiger charge is -2.36. The number of carbonyl (C=O) groups is 1. The van der Waals surface area contributed by atoms with Gasteiger partial charge in [-0.25, -0.2) is 4.98 Å². The molecular formula is C22H25N5O2. The lowest BCUT2D eigenvalue weighted by Crippen LogP contribution is -2.36. The van der Waals surface area contributed by atoms with Crippen LogP contribution in [0.2, 0.25) is 0 Å². The molecule has 0 unspecified atom stereocenters. The molecule has 150 valence electrons. The van der Waals surface area contributed by atoms with Gasteiger partial charge in [0.15, 0.2) is 0 Å². The van der Waals surface area contributed by atoms with Gasteiger partial charge in [0.2, 0.25) is 5.91 Å². The van der Waals surface area contributed by atoms with Crippen LogP contribution in [0.15, 0.2) is 55.1 Å². The molecule has 1 saturated carbocycles. The molecule has 1 saturated heterocycles. The predicted octanol–water partition coefficient (Wildman–Crippen LogP) is 2.31. The van der Waals surface area contributed by atoms with Gasteiger partial charge in [0.25, 0.3) is 0 Å². The summed E-state index contributed by atoms with van der Waals surface area (Å²) in [4.78, 5) is 23.2. The van der Waals surface area contributed by atoms with Crippen molar-refractivity contribution >= 4 is 22.6 Å². The van der Waals surface area contributed by atoms with Crippen LogP contribution in [-0.4, -0.2) is 56.2 Å². The second kappa shape index (κ2) is 7.48. The number of aromatic nitrogens is 3. The van der Waals surface area contributed by atoms with Crippen molar-refractivity contribution in [2.24, 2.45) is 11.8 Å². The first kappa shape index (κ1) is 18.1. The molecule has 29 heavy (non-hydrogen) atoms. The molecule has 7 heteroatoms. The summed E-state index contributed by atoms with van der Waals surface area (Å²) >= 11 is 0. The first-order chi connectivity index (χ1) is 14.2. The van der Waals surface area contributed by atoms with E-state index in [4.69, 9.17) is 0 Å². The maximum atomic E-state index is 12.7. The van der Waals surface area contributed by atoms with E-state index in [0.29, 0.717) is 11.8 Å². The van der Waals surface area contributed by atoms with E-state index in [1.807, 2.05) is 41.6 Å². The van der Waals surface area contributed by atoms with E-state index in [2.05, 4.69) is 25.9 Å². The van der Waals surface area contributed by atoms with Crippen molar-refractivity contribution in [3.63, 3.8) is 0 Å².